The molecule has 0 fully saturated rings. The molecule has 2 aromatic heterocycles. The van der Waals surface area contributed by atoms with Gasteiger partial charge >= 0.3 is 6.18 Å². The van der Waals surface area contributed by atoms with Crippen molar-refractivity contribution in [2.45, 2.75) is 6.18 Å². The molecule has 4 aromatic rings. The van der Waals surface area contributed by atoms with Gasteiger partial charge < -0.3 is 14.8 Å². The Morgan fingerprint density at radius 2 is 1.76 bits per heavy atom. The van der Waals surface area contributed by atoms with E-state index in [1.165, 1.54) is 20.3 Å². The number of halogens is 4. The van der Waals surface area contributed by atoms with Crippen LogP contribution < -0.4 is 14.8 Å². The molecule has 1 N–H and O–H groups in total. The molecule has 0 aliphatic rings. The highest BCUT2D eigenvalue weighted by Crippen LogP contribution is 2.33. The number of ether oxygens (including phenoxy) is 2. The van der Waals surface area contributed by atoms with Gasteiger partial charge in [-0.1, -0.05) is 23.7 Å². The van der Waals surface area contributed by atoms with Gasteiger partial charge in [0.25, 0.3) is 5.91 Å². The van der Waals surface area contributed by atoms with E-state index in [9.17, 15) is 18.0 Å². The van der Waals surface area contributed by atoms with Crippen LogP contribution in [0.3, 0.4) is 0 Å². The number of hydrogen-bond acceptors (Lipinski definition) is 5. The predicted molar refractivity (Wildman–Crippen MR) is 116 cm³/mol. The largest absolute Gasteiger partial charge is 0.497 e. The molecular formula is C22H16ClF3N4O3. The average molecular weight is 477 g/mol. The highest BCUT2D eigenvalue weighted by Gasteiger charge is 2.35. The summed E-state index contributed by atoms with van der Waals surface area (Å²) in [5.74, 6) is 0.0852. The van der Waals surface area contributed by atoms with Gasteiger partial charge in [-0.25, -0.2) is 9.50 Å². The summed E-state index contributed by atoms with van der Waals surface area (Å²) in [4.78, 5) is 17.0. The third kappa shape index (κ3) is 4.56. The molecule has 0 aliphatic carbocycles. The van der Waals surface area contributed by atoms with Crippen molar-refractivity contribution in [3.05, 3.63) is 71.0 Å². The summed E-state index contributed by atoms with van der Waals surface area (Å²) in [5, 5.41) is 6.87. The molecule has 11 heteroatoms. The van der Waals surface area contributed by atoms with Crippen LogP contribution in [-0.2, 0) is 6.18 Å². The van der Waals surface area contributed by atoms with E-state index >= 15 is 0 Å². The van der Waals surface area contributed by atoms with Gasteiger partial charge in [0.2, 0.25) is 0 Å². The molecule has 0 atom stereocenters. The second-order valence-electron chi connectivity index (χ2n) is 6.85. The van der Waals surface area contributed by atoms with Gasteiger partial charge in [0.1, 0.15) is 11.5 Å². The number of aromatic nitrogens is 3. The fourth-order valence-corrected chi connectivity index (χ4v) is 3.27. The SMILES string of the molecule is COc1ccc(NC(=O)c2cc3nc(-c4ccc(Cl)cc4)cc(C(F)(F)F)n3n2)c(OC)c1. The molecule has 1 amide bonds. The normalized spacial score (nSPS) is 11.5. The molecular weight excluding hydrogens is 461 g/mol. The summed E-state index contributed by atoms with van der Waals surface area (Å²) >= 11 is 5.87. The lowest BCUT2D eigenvalue weighted by Crippen LogP contribution is -2.16. The zero-order chi connectivity index (χ0) is 23.8. The van der Waals surface area contributed by atoms with Crippen molar-refractivity contribution >= 4 is 28.8 Å². The Bertz CT molecular complexity index is 1340. The Hall–Kier alpha value is -3.79. The fourth-order valence-electron chi connectivity index (χ4n) is 3.14. The number of rotatable bonds is 5. The van der Waals surface area contributed by atoms with Crippen LogP contribution in [0.5, 0.6) is 11.5 Å². The molecule has 4 rings (SSSR count). The monoisotopic (exact) mass is 476 g/mol. The van der Waals surface area contributed by atoms with Crippen LogP contribution in [0.1, 0.15) is 16.2 Å². The topological polar surface area (TPSA) is 77.8 Å². The molecule has 2 aromatic carbocycles. The number of hydrogen-bond donors (Lipinski definition) is 1. The summed E-state index contributed by atoms with van der Waals surface area (Å²) in [5.41, 5.74) is -0.664. The summed E-state index contributed by atoms with van der Waals surface area (Å²) in [6.07, 6.45) is -4.73. The van der Waals surface area contributed by atoms with E-state index in [-0.39, 0.29) is 17.0 Å². The van der Waals surface area contributed by atoms with Crippen LogP contribution in [0.4, 0.5) is 18.9 Å². The summed E-state index contributed by atoms with van der Waals surface area (Å²) in [7, 11) is 2.89. The van der Waals surface area contributed by atoms with Crippen LogP contribution in [0.2, 0.25) is 5.02 Å². The van der Waals surface area contributed by atoms with Crippen molar-refractivity contribution in [2.75, 3.05) is 19.5 Å². The number of alkyl halides is 3. The molecule has 0 unspecified atom stereocenters. The first-order valence-corrected chi connectivity index (χ1v) is 9.84. The summed E-state index contributed by atoms with van der Waals surface area (Å²) in [6.45, 7) is 0. The zero-order valence-electron chi connectivity index (χ0n) is 17.3. The summed E-state index contributed by atoms with van der Waals surface area (Å²) < 4.78 is 52.2. The average Bonchev–Trinajstić information content (AvgIpc) is 3.22. The van der Waals surface area contributed by atoms with Gasteiger partial charge in [-0.15, -0.1) is 0 Å². The molecule has 0 bridgehead atoms. The minimum atomic E-state index is -4.73. The first kappa shape index (κ1) is 22.4. The molecule has 2 heterocycles. The number of fused-ring (bicyclic) bond motifs is 1. The Balaban J connectivity index is 1.75. The highest BCUT2D eigenvalue weighted by molar-refractivity contribution is 6.30. The van der Waals surface area contributed by atoms with Crippen LogP contribution in [0, 0.1) is 0 Å². The van der Waals surface area contributed by atoms with E-state index in [0.29, 0.717) is 32.3 Å². The highest BCUT2D eigenvalue weighted by atomic mass is 35.5. The zero-order valence-corrected chi connectivity index (χ0v) is 18.0. The molecule has 0 aliphatic heterocycles. The number of carbonyl (C=O) groups excluding carboxylic acids is 1. The van der Waals surface area contributed by atoms with Crippen LogP contribution in [0.25, 0.3) is 16.9 Å². The molecule has 0 spiro atoms. The van der Waals surface area contributed by atoms with Gasteiger partial charge in [0.05, 0.1) is 25.6 Å². The second-order valence-corrected chi connectivity index (χ2v) is 7.29. The quantitative estimate of drug-likeness (QED) is 0.421. The maximum Gasteiger partial charge on any atom is 0.433 e. The van der Waals surface area contributed by atoms with E-state index in [1.807, 2.05) is 0 Å². The minimum Gasteiger partial charge on any atom is -0.497 e. The number of anilines is 1. The Morgan fingerprint density at radius 3 is 2.39 bits per heavy atom. The molecule has 0 saturated carbocycles. The Labute approximate surface area is 190 Å². The van der Waals surface area contributed by atoms with E-state index in [2.05, 4.69) is 15.4 Å². The van der Waals surface area contributed by atoms with Crippen LogP contribution >= 0.6 is 11.6 Å². The second kappa shape index (κ2) is 8.62. The van der Waals surface area contributed by atoms with Crippen molar-refractivity contribution in [3.8, 4) is 22.8 Å². The first-order valence-electron chi connectivity index (χ1n) is 9.47. The van der Waals surface area contributed by atoms with E-state index in [1.54, 1.807) is 42.5 Å². The number of amides is 1. The van der Waals surface area contributed by atoms with Crippen molar-refractivity contribution < 1.29 is 27.4 Å². The van der Waals surface area contributed by atoms with Gasteiger partial charge in [-0.3, -0.25) is 4.79 Å². The Kier molecular flexibility index (Phi) is 5.86. The van der Waals surface area contributed by atoms with Crippen LogP contribution in [0.15, 0.2) is 54.6 Å². The van der Waals surface area contributed by atoms with E-state index in [0.717, 1.165) is 6.07 Å². The lowest BCUT2D eigenvalue weighted by Gasteiger charge is -2.11. The van der Waals surface area contributed by atoms with Crippen molar-refractivity contribution in [3.63, 3.8) is 0 Å². The van der Waals surface area contributed by atoms with Gasteiger partial charge in [0, 0.05) is 22.7 Å². The molecule has 7 nitrogen and oxygen atoms in total. The maximum atomic E-state index is 13.8. The molecule has 0 saturated heterocycles. The first-order chi connectivity index (χ1) is 15.7. The standard InChI is InChI=1S/C22H16ClF3N4O3/c1-32-14-7-8-15(18(9-14)33-2)28-21(31)17-11-20-27-16(12-3-5-13(23)6-4-12)10-19(22(24,25)26)30(20)29-17/h3-11H,1-2H3,(H,28,31). The third-order valence-electron chi connectivity index (χ3n) is 4.75. The minimum absolute atomic E-state index is 0.0650. The van der Waals surface area contributed by atoms with Crippen molar-refractivity contribution in [1.29, 1.82) is 0 Å². The van der Waals surface area contributed by atoms with Gasteiger partial charge in [-0.05, 0) is 30.3 Å². The maximum absolute atomic E-state index is 13.8. The Morgan fingerprint density at radius 1 is 1.03 bits per heavy atom. The van der Waals surface area contributed by atoms with Crippen LogP contribution in [-0.4, -0.2) is 34.7 Å². The smallest absolute Gasteiger partial charge is 0.433 e. The van der Waals surface area contributed by atoms with Gasteiger partial charge in [0.15, 0.2) is 17.0 Å². The number of carbonyl (C=O) groups is 1. The predicted octanol–water partition coefficient (Wildman–Crippen LogP) is 5.34. The van der Waals surface area contributed by atoms with E-state index < -0.39 is 17.8 Å². The van der Waals surface area contributed by atoms with Crippen molar-refractivity contribution in [1.82, 2.24) is 14.6 Å². The van der Waals surface area contributed by atoms with E-state index in [4.69, 9.17) is 21.1 Å². The number of methoxy groups -OCH3 is 2. The number of nitrogens with zero attached hydrogens (tertiary/aromatic N) is 3. The molecule has 33 heavy (non-hydrogen) atoms. The number of benzene rings is 2. The molecule has 0 radical (unpaired) electrons. The fraction of sp³-hybridized carbons (Fsp3) is 0.136. The van der Waals surface area contributed by atoms with Crippen molar-refractivity contribution in [2.24, 2.45) is 0 Å². The summed E-state index contributed by atoms with van der Waals surface area (Å²) in [6, 6.07) is 13.0. The lowest BCUT2D eigenvalue weighted by molar-refractivity contribution is -0.142. The molecule has 170 valence electrons. The number of nitrogens with one attached hydrogen (secondary N) is 1. The van der Waals surface area contributed by atoms with Gasteiger partial charge in [-0.2, -0.15) is 18.3 Å². The lowest BCUT2D eigenvalue weighted by atomic mass is 10.1. The third-order valence-corrected chi connectivity index (χ3v) is 5.00.